The summed E-state index contributed by atoms with van der Waals surface area (Å²) >= 11 is 0. The van der Waals surface area contributed by atoms with Gasteiger partial charge in [-0.3, -0.25) is 0 Å². The van der Waals surface area contributed by atoms with E-state index in [0.29, 0.717) is 24.0 Å². The van der Waals surface area contributed by atoms with Crippen molar-refractivity contribution in [3.63, 3.8) is 0 Å². The number of aliphatic hydroxyl groups excluding tert-OH is 1. The number of hydrogen-bond donors (Lipinski definition) is 1. The summed E-state index contributed by atoms with van der Waals surface area (Å²) in [6.45, 7) is 9.67. The molecule has 3 heteroatoms. The van der Waals surface area contributed by atoms with Crippen molar-refractivity contribution >= 4 is 0 Å². The van der Waals surface area contributed by atoms with Crippen LogP contribution in [0.1, 0.15) is 33.1 Å². The molecule has 2 rings (SSSR count). The van der Waals surface area contributed by atoms with E-state index in [1.807, 2.05) is 0 Å². The van der Waals surface area contributed by atoms with Crippen LogP contribution in [0, 0.1) is 11.3 Å². The third-order valence-corrected chi connectivity index (χ3v) is 5.13. The Morgan fingerprint density at radius 1 is 1.18 bits per heavy atom. The summed E-state index contributed by atoms with van der Waals surface area (Å²) in [6.07, 6.45) is 3.84. The summed E-state index contributed by atoms with van der Waals surface area (Å²) in [4.78, 5) is 4.96. The molecule has 0 bridgehead atoms. The smallest absolute Gasteiger partial charge is 0.0476 e. The molecule has 0 saturated carbocycles. The molecule has 2 aliphatic heterocycles. The molecule has 100 valence electrons. The Balaban J connectivity index is 2.00. The van der Waals surface area contributed by atoms with Crippen LogP contribution in [-0.2, 0) is 0 Å². The minimum Gasteiger partial charge on any atom is -0.396 e. The van der Waals surface area contributed by atoms with Crippen LogP contribution < -0.4 is 0 Å². The van der Waals surface area contributed by atoms with Crippen molar-refractivity contribution in [3.05, 3.63) is 0 Å². The van der Waals surface area contributed by atoms with Crippen LogP contribution in [0.3, 0.4) is 0 Å². The molecule has 0 unspecified atom stereocenters. The molecular formula is C14H28N2O. The zero-order valence-corrected chi connectivity index (χ0v) is 11.7. The van der Waals surface area contributed by atoms with Gasteiger partial charge in [-0.1, -0.05) is 0 Å². The number of piperidine rings is 2. The molecule has 17 heavy (non-hydrogen) atoms. The zero-order chi connectivity index (χ0) is 12.5. The minimum atomic E-state index is 0.367. The first-order valence-electron chi connectivity index (χ1n) is 7.11. The van der Waals surface area contributed by atoms with Crippen molar-refractivity contribution in [2.45, 2.75) is 39.2 Å². The molecule has 2 saturated heterocycles. The second-order valence-electron chi connectivity index (χ2n) is 6.38. The van der Waals surface area contributed by atoms with Crippen molar-refractivity contribution in [1.29, 1.82) is 0 Å². The van der Waals surface area contributed by atoms with E-state index in [9.17, 15) is 5.11 Å². The van der Waals surface area contributed by atoms with Gasteiger partial charge in [0, 0.05) is 25.1 Å². The van der Waals surface area contributed by atoms with Gasteiger partial charge in [0.25, 0.3) is 0 Å². The topological polar surface area (TPSA) is 26.7 Å². The SMILES string of the molecule is CC(C)N1CCC2(CCN(C)C[C@H]2CO)CC1. The van der Waals surface area contributed by atoms with Crippen LogP contribution >= 0.6 is 0 Å². The lowest BCUT2D eigenvalue weighted by Crippen LogP contribution is -2.53. The van der Waals surface area contributed by atoms with Gasteiger partial charge < -0.3 is 14.9 Å². The highest BCUT2D eigenvalue weighted by molar-refractivity contribution is 4.95. The van der Waals surface area contributed by atoms with E-state index in [4.69, 9.17) is 0 Å². The van der Waals surface area contributed by atoms with Gasteiger partial charge in [-0.15, -0.1) is 0 Å². The highest BCUT2D eigenvalue weighted by Gasteiger charge is 2.43. The lowest BCUT2D eigenvalue weighted by Gasteiger charge is -2.51. The quantitative estimate of drug-likeness (QED) is 0.791. The van der Waals surface area contributed by atoms with Gasteiger partial charge >= 0.3 is 0 Å². The fourth-order valence-corrected chi connectivity index (χ4v) is 3.67. The lowest BCUT2D eigenvalue weighted by molar-refractivity contribution is -0.0402. The Labute approximate surface area is 106 Å². The Bertz CT molecular complexity index is 247. The third kappa shape index (κ3) is 2.67. The molecule has 1 spiro atoms. The fraction of sp³-hybridized carbons (Fsp3) is 1.00. The van der Waals surface area contributed by atoms with Crippen molar-refractivity contribution in [3.8, 4) is 0 Å². The normalized spacial score (nSPS) is 31.2. The first kappa shape index (κ1) is 13.3. The molecule has 1 atom stereocenters. The highest BCUT2D eigenvalue weighted by Crippen LogP contribution is 2.44. The van der Waals surface area contributed by atoms with E-state index in [0.717, 1.165) is 6.54 Å². The lowest BCUT2D eigenvalue weighted by atomic mass is 9.64. The average Bonchev–Trinajstić information content (AvgIpc) is 2.33. The summed E-state index contributed by atoms with van der Waals surface area (Å²) in [5.74, 6) is 0.496. The van der Waals surface area contributed by atoms with E-state index in [1.165, 1.54) is 38.9 Å². The first-order chi connectivity index (χ1) is 8.07. The van der Waals surface area contributed by atoms with Gasteiger partial charge in [-0.05, 0) is 65.2 Å². The number of nitrogens with zero attached hydrogens (tertiary/aromatic N) is 2. The van der Waals surface area contributed by atoms with Crippen molar-refractivity contribution < 1.29 is 5.11 Å². The second kappa shape index (κ2) is 5.25. The molecule has 1 N–H and O–H groups in total. The molecule has 3 nitrogen and oxygen atoms in total. The van der Waals surface area contributed by atoms with Crippen LogP contribution in [0.15, 0.2) is 0 Å². The number of aliphatic hydroxyl groups is 1. The van der Waals surface area contributed by atoms with Gasteiger partial charge in [0.05, 0.1) is 0 Å². The molecule has 0 aromatic rings. The number of hydrogen-bond acceptors (Lipinski definition) is 3. The Kier molecular flexibility index (Phi) is 4.11. The second-order valence-corrected chi connectivity index (χ2v) is 6.38. The molecule has 2 heterocycles. The van der Waals surface area contributed by atoms with Gasteiger partial charge in [-0.25, -0.2) is 0 Å². The summed E-state index contributed by atoms with van der Waals surface area (Å²) in [5.41, 5.74) is 0.437. The first-order valence-corrected chi connectivity index (χ1v) is 7.11. The monoisotopic (exact) mass is 240 g/mol. The van der Waals surface area contributed by atoms with E-state index in [-0.39, 0.29) is 0 Å². The average molecular weight is 240 g/mol. The molecule has 0 amide bonds. The minimum absolute atomic E-state index is 0.367. The third-order valence-electron chi connectivity index (χ3n) is 5.13. The summed E-state index contributed by atoms with van der Waals surface area (Å²) < 4.78 is 0. The Morgan fingerprint density at radius 3 is 2.29 bits per heavy atom. The van der Waals surface area contributed by atoms with Crippen LogP contribution in [0.4, 0.5) is 0 Å². The highest BCUT2D eigenvalue weighted by atomic mass is 16.3. The maximum atomic E-state index is 9.66. The van der Waals surface area contributed by atoms with Crippen molar-refractivity contribution in [2.75, 3.05) is 39.8 Å². The molecule has 0 radical (unpaired) electrons. The standard InChI is InChI=1S/C14H28N2O/c1-12(2)16-8-5-14(6-9-16)4-7-15(3)10-13(14)11-17/h12-13,17H,4-11H2,1-3H3/t13-/m0/s1. The largest absolute Gasteiger partial charge is 0.396 e. The van der Waals surface area contributed by atoms with Crippen molar-refractivity contribution in [1.82, 2.24) is 9.80 Å². The zero-order valence-electron chi connectivity index (χ0n) is 11.7. The molecule has 0 aliphatic carbocycles. The van der Waals surface area contributed by atoms with E-state index in [1.54, 1.807) is 0 Å². The van der Waals surface area contributed by atoms with Crippen LogP contribution in [-0.4, -0.2) is 60.8 Å². The predicted molar refractivity (Wildman–Crippen MR) is 71.1 cm³/mol. The molecule has 2 fully saturated rings. The number of rotatable bonds is 2. The predicted octanol–water partition coefficient (Wildman–Crippen LogP) is 1.42. The summed E-state index contributed by atoms with van der Waals surface area (Å²) in [6, 6.07) is 0.672. The van der Waals surface area contributed by atoms with Crippen LogP contribution in [0.25, 0.3) is 0 Å². The molecule has 2 aliphatic rings. The van der Waals surface area contributed by atoms with Gasteiger partial charge in [0.1, 0.15) is 0 Å². The summed E-state index contributed by atoms with van der Waals surface area (Å²) in [5, 5.41) is 9.66. The molecule has 0 aromatic heterocycles. The molecular weight excluding hydrogens is 212 g/mol. The molecule has 0 aromatic carbocycles. The van der Waals surface area contributed by atoms with Crippen LogP contribution in [0.2, 0.25) is 0 Å². The summed E-state index contributed by atoms with van der Waals surface area (Å²) in [7, 11) is 2.18. The van der Waals surface area contributed by atoms with Gasteiger partial charge in [0.15, 0.2) is 0 Å². The van der Waals surface area contributed by atoms with Gasteiger partial charge in [0.2, 0.25) is 0 Å². The Morgan fingerprint density at radius 2 is 1.76 bits per heavy atom. The number of likely N-dealkylation sites (tertiary alicyclic amines) is 2. The van der Waals surface area contributed by atoms with E-state index < -0.39 is 0 Å². The van der Waals surface area contributed by atoms with Crippen LogP contribution in [0.5, 0.6) is 0 Å². The van der Waals surface area contributed by atoms with Crippen molar-refractivity contribution in [2.24, 2.45) is 11.3 Å². The van der Waals surface area contributed by atoms with Gasteiger partial charge in [-0.2, -0.15) is 0 Å². The maximum Gasteiger partial charge on any atom is 0.0476 e. The van der Waals surface area contributed by atoms with E-state index in [2.05, 4.69) is 30.7 Å². The Hall–Kier alpha value is -0.120. The fourth-order valence-electron chi connectivity index (χ4n) is 3.67. The maximum absolute atomic E-state index is 9.66. The van der Waals surface area contributed by atoms with E-state index >= 15 is 0 Å².